The molecule has 10 heteroatoms. The van der Waals surface area contributed by atoms with E-state index in [4.69, 9.17) is 27.6 Å². The van der Waals surface area contributed by atoms with E-state index in [0.717, 1.165) is 16.8 Å². The van der Waals surface area contributed by atoms with E-state index in [1.165, 1.54) is 0 Å². The Balaban J connectivity index is 2.18. The highest BCUT2D eigenvalue weighted by Crippen LogP contribution is 2.43. The molecule has 2 aromatic carbocycles. The van der Waals surface area contributed by atoms with Crippen LogP contribution in [0.2, 0.25) is 26.7 Å². The van der Waals surface area contributed by atoms with Crippen molar-refractivity contribution in [3.63, 3.8) is 0 Å². The summed E-state index contributed by atoms with van der Waals surface area (Å²) in [6.45, 7) is 18.0. The van der Waals surface area contributed by atoms with Gasteiger partial charge in [-0.2, -0.15) is 0 Å². The lowest BCUT2D eigenvalue weighted by Crippen LogP contribution is -2.48. The number of aryl methyl sites for hydroxylation is 1. The average Bonchev–Trinajstić information content (AvgIpc) is 3.22. The second kappa shape index (κ2) is 13.4. The Morgan fingerprint density at radius 1 is 1.00 bits per heavy atom. The normalized spacial score (nSPS) is 13.8. The van der Waals surface area contributed by atoms with E-state index in [1.54, 1.807) is 12.1 Å². The molecule has 2 N–H and O–H groups in total. The fraction of sp³-hybridized carbons (Fsp3) is 0.467. The standard InChI is InChI=1S/C30H40BrCl2N3O3Si/c1-17(2)40(18(3)4,19(5)6)39-16-21(8)36-28(27(29(37)38)35-30(36)31)26(22-10-13-23(32)14-11-22)34-25-15-24(33)12-9-20(25)7/h9-15,17-19,21,26,34H,16H2,1-8H3,(H,37,38). The van der Waals surface area contributed by atoms with Gasteiger partial charge in [-0.3, -0.25) is 0 Å². The van der Waals surface area contributed by atoms with E-state index in [0.29, 0.717) is 43.7 Å². The van der Waals surface area contributed by atoms with E-state index in [1.807, 2.05) is 48.7 Å². The van der Waals surface area contributed by atoms with Crippen LogP contribution in [-0.2, 0) is 4.43 Å². The molecule has 2 unspecified atom stereocenters. The maximum Gasteiger partial charge on any atom is 0.356 e. The molecule has 0 saturated carbocycles. The lowest BCUT2D eigenvalue weighted by atomic mass is 10.00. The Kier molecular flexibility index (Phi) is 11.0. The Hall–Kier alpha value is -1.84. The van der Waals surface area contributed by atoms with Crippen molar-refractivity contribution in [2.75, 3.05) is 11.9 Å². The molecule has 0 aliphatic rings. The minimum absolute atomic E-state index is 0.0362. The molecule has 0 saturated heterocycles. The van der Waals surface area contributed by atoms with Crippen LogP contribution in [0.4, 0.5) is 5.69 Å². The fourth-order valence-corrected chi connectivity index (χ4v) is 12.5. The van der Waals surface area contributed by atoms with Crippen molar-refractivity contribution in [2.45, 2.75) is 84.1 Å². The predicted octanol–water partition coefficient (Wildman–Crippen LogP) is 9.91. The summed E-state index contributed by atoms with van der Waals surface area (Å²) < 4.78 is 9.31. The van der Waals surface area contributed by atoms with Gasteiger partial charge in [0.05, 0.1) is 24.4 Å². The second-order valence-electron chi connectivity index (χ2n) is 11.4. The van der Waals surface area contributed by atoms with Crippen LogP contribution in [0.15, 0.2) is 47.2 Å². The number of carboxylic acids is 1. The van der Waals surface area contributed by atoms with Gasteiger partial charge in [-0.05, 0) is 81.8 Å². The van der Waals surface area contributed by atoms with Gasteiger partial charge in [0.25, 0.3) is 0 Å². The van der Waals surface area contributed by atoms with Gasteiger partial charge in [0.1, 0.15) is 0 Å². The summed E-state index contributed by atoms with van der Waals surface area (Å²) in [7, 11) is -2.16. The lowest BCUT2D eigenvalue weighted by Gasteiger charge is -2.43. The molecule has 6 nitrogen and oxygen atoms in total. The van der Waals surface area contributed by atoms with Gasteiger partial charge in [-0.25, -0.2) is 9.78 Å². The third-order valence-corrected chi connectivity index (χ3v) is 14.9. The largest absolute Gasteiger partial charge is 0.476 e. The van der Waals surface area contributed by atoms with Crippen LogP contribution in [0.25, 0.3) is 0 Å². The zero-order valence-corrected chi connectivity index (χ0v) is 28.5. The number of imidazole rings is 1. The minimum Gasteiger partial charge on any atom is -0.476 e. The van der Waals surface area contributed by atoms with Gasteiger partial charge in [0.15, 0.2) is 18.7 Å². The zero-order valence-electron chi connectivity index (χ0n) is 24.4. The molecule has 0 bridgehead atoms. The van der Waals surface area contributed by atoms with Crippen LogP contribution in [0, 0.1) is 6.92 Å². The SMILES string of the molecule is Cc1ccc(Cl)cc1NC(c1ccc(Cl)cc1)c1c(C(=O)O)nc(Br)n1C(C)CO[Si](C(C)C)(C(C)C)C(C)C. The number of hydrogen-bond acceptors (Lipinski definition) is 4. The summed E-state index contributed by atoms with van der Waals surface area (Å²) in [5, 5.41) is 15.0. The van der Waals surface area contributed by atoms with Crippen molar-refractivity contribution in [2.24, 2.45) is 0 Å². The molecule has 0 radical (unpaired) electrons. The van der Waals surface area contributed by atoms with Crippen LogP contribution in [-0.4, -0.2) is 35.6 Å². The lowest BCUT2D eigenvalue weighted by molar-refractivity contribution is 0.0689. The number of anilines is 1. The van der Waals surface area contributed by atoms with Crippen LogP contribution >= 0.6 is 39.1 Å². The predicted molar refractivity (Wildman–Crippen MR) is 172 cm³/mol. The number of carboxylic acid groups (broad SMARTS) is 1. The van der Waals surface area contributed by atoms with Gasteiger partial charge in [-0.15, -0.1) is 0 Å². The molecule has 2 atom stereocenters. The molecule has 3 rings (SSSR count). The van der Waals surface area contributed by atoms with Crippen molar-refractivity contribution in [3.05, 3.63) is 79.8 Å². The molecule has 0 amide bonds. The summed E-state index contributed by atoms with van der Waals surface area (Å²) in [6, 6.07) is 12.2. The number of aromatic nitrogens is 2. The van der Waals surface area contributed by atoms with Crippen molar-refractivity contribution in [1.29, 1.82) is 0 Å². The first-order valence-corrected chi connectivity index (χ1v) is 17.3. The van der Waals surface area contributed by atoms with Gasteiger partial charge in [0, 0.05) is 15.7 Å². The molecule has 3 aromatic rings. The molecule has 0 spiro atoms. The smallest absolute Gasteiger partial charge is 0.356 e. The van der Waals surface area contributed by atoms with Crippen molar-refractivity contribution in [1.82, 2.24) is 9.55 Å². The van der Waals surface area contributed by atoms with Crippen LogP contribution < -0.4 is 5.32 Å². The highest BCUT2D eigenvalue weighted by molar-refractivity contribution is 9.10. The number of benzene rings is 2. The molecule has 0 aliphatic heterocycles. The first-order valence-electron chi connectivity index (χ1n) is 13.6. The van der Waals surface area contributed by atoms with Gasteiger partial charge in [0.2, 0.25) is 0 Å². The number of nitrogens with one attached hydrogen (secondary N) is 1. The van der Waals surface area contributed by atoms with E-state index < -0.39 is 20.3 Å². The molecule has 1 heterocycles. The summed E-state index contributed by atoms with van der Waals surface area (Å²) >= 11 is 16.2. The molecular formula is C30H40BrCl2N3O3Si. The summed E-state index contributed by atoms with van der Waals surface area (Å²) in [4.78, 5) is 17.0. The first kappa shape index (κ1) is 32.7. The van der Waals surface area contributed by atoms with Crippen LogP contribution in [0.3, 0.4) is 0 Å². The number of rotatable bonds is 12. The van der Waals surface area contributed by atoms with Gasteiger partial charge < -0.3 is 19.4 Å². The maximum absolute atomic E-state index is 12.6. The van der Waals surface area contributed by atoms with Gasteiger partial charge >= 0.3 is 5.97 Å². The van der Waals surface area contributed by atoms with Crippen LogP contribution in [0.1, 0.15) is 87.9 Å². The van der Waals surface area contributed by atoms with Crippen molar-refractivity contribution < 1.29 is 14.3 Å². The molecule has 0 fully saturated rings. The highest BCUT2D eigenvalue weighted by Gasteiger charge is 2.45. The molecule has 1 aromatic heterocycles. The third-order valence-electron chi connectivity index (χ3n) is 7.81. The zero-order chi connectivity index (χ0) is 29.9. The number of halogens is 3. The minimum atomic E-state index is -2.16. The summed E-state index contributed by atoms with van der Waals surface area (Å²) in [5.41, 5.74) is 4.36. The summed E-state index contributed by atoms with van der Waals surface area (Å²) in [5.74, 6) is -1.11. The Morgan fingerprint density at radius 3 is 2.08 bits per heavy atom. The quantitative estimate of drug-likeness (QED) is 0.188. The molecule has 218 valence electrons. The number of hydrogen-bond donors (Lipinski definition) is 2. The maximum atomic E-state index is 12.6. The van der Waals surface area contributed by atoms with E-state index in [9.17, 15) is 9.90 Å². The van der Waals surface area contributed by atoms with Crippen molar-refractivity contribution >= 4 is 59.1 Å². The monoisotopic (exact) mass is 667 g/mol. The number of nitrogens with zero attached hydrogens (tertiary/aromatic N) is 2. The second-order valence-corrected chi connectivity index (χ2v) is 18.4. The Bertz CT molecular complexity index is 1310. The molecule has 40 heavy (non-hydrogen) atoms. The highest BCUT2D eigenvalue weighted by atomic mass is 79.9. The third kappa shape index (κ3) is 6.79. The first-order chi connectivity index (χ1) is 18.7. The van der Waals surface area contributed by atoms with E-state index in [-0.39, 0.29) is 11.7 Å². The van der Waals surface area contributed by atoms with Crippen LogP contribution in [0.5, 0.6) is 0 Å². The topological polar surface area (TPSA) is 76.4 Å². The number of aromatic carboxylic acids is 1. The van der Waals surface area contributed by atoms with Gasteiger partial charge in [-0.1, -0.05) is 82.9 Å². The number of carbonyl (C=O) groups is 1. The average molecular weight is 670 g/mol. The molecule has 0 aliphatic carbocycles. The van der Waals surface area contributed by atoms with Crippen molar-refractivity contribution in [3.8, 4) is 0 Å². The summed E-state index contributed by atoms with van der Waals surface area (Å²) in [6.07, 6.45) is 0. The fourth-order valence-electron chi connectivity index (χ4n) is 5.98. The molecular weight excluding hydrogens is 629 g/mol. The van der Waals surface area contributed by atoms with E-state index >= 15 is 0 Å². The Morgan fingerprint density at radius 2 is 1.55 bits per heavy atom. The van der Waals surface area contributed by atoms with E-state index in [2.05, 4.69) is 67.8 Å². The Labute approximate surface area is 257 Å².